The van der Waals surface area contributed by atoms with Crippen molar-refractivity contribution in [3.05, 3.63) is 28.3 Å². The van der Waals surface area contributed by atoms with Crippen LogP contribution in [-0.2, 0) is 38.3 Å². The summed E-state index contributed by atoms with van der Waals surface area (Å²) >= 11 is 0. The van der Waals surface area contributed by atoms with Crippen LogP contribution in [0.25, 0.3) is 0 Å². The van der Waals surface area contributed by atoms with Crippen LogP contribution in [0, 0.1) is 23.7 Å². The van der Waals surface area contributed by atoms with Crippen molar-refractivity contribution in [1.82, 2.24) is 10.2 Å². The first kappa shape index (κ1) is 29.8. The van der Waals surface area contributed by atoms with Gasteiger partial charge in [0, 0.05) is 12.5 Å². The van der Waals surface area contributed by atoms with Crippen LogP contribution in [0.4, 0.5) is 13.2 Å². The fraction of sp³-hybridized carbons (Fsp3) is 0.593. The molecule has 40 heavy (non-hydrogen) atoms. The fourth-order valence-corrected chi connectivity index (χ4v) is 6.76. The number of unbranched alkanes of at least 4 members (excludes halogenated alkanes) is 1. The van der Waals surface area contributed by atoms with Crippen molar-refractivity contribution in [2.75, 3.05) is 20.6 Å². The molecule has 1 aromatic rings. The van der Waals surface area contributed by atoms with Crippen LogP contribution in [0.5, 0.6) is 5.75 Å². The lowest BCUT2D eigenvalue weighted by molar-refractivity contribution is -0.181. The number of rotatable bonds is 7. The van der Waals surface area contributed by atoms with Gasteiger partial charge < -0.3 is 21.3 Å². The van der Waals surface area contributed by atoms with Crippen LogP contribution in [0.1, 0.15) is 53.2 Å². The lowest BCUT2D eigenvalue weighted by atomic mass is 9.52. The minimum Gasteiger partial charge on any atom is -0.507 e. The van der Waals surface area contributed by atoms with E-state index < -0.39 is 99.4 Å². The molecule has 6 atom stereocenters. The van der Waals surface area contributed by atoms with Gasteiger partial charge in [-0.15, -0.1) is 0 Å². The van der Waals surface area contributed by atoms with Crippen LogP contribution in [0.2, 0.25) is 0 Å². The Bertz CT molecular complexity index is 1290. The molecule has 2 saturated carbocycles. The number of carbonyl (C=O) groups excluding carboxylic acids is 5. The molecule has 2 fully saturated rings. The van der Waals surface area contributed by atoms with Gasteiger partial charge in [-0.25, -0.2) is 0 Å². The summed E-state index contributed by atoms with van der Waals surface area (Å²) < 4.78 is 43.3. The number of primary amides is 1. The van der Waals surface area contributed by atoms with Crippen molar-refractivity contribution in [2.24, 2.45) is 29.4 Å². The summed E-state index contributed by atoms with van der Waals surface area (Å²) in [6.45, 7) is 2.13. The molecule has 1 aromatic carbocycles. The Balaban J connectivity index is 1.85. The smallest absolute Gasteiger partial charge is 0.417 e. The zero-order valence-corrected chi connectivity index (χ0v) is 22.3. The molecule has 0 saturated heterocycles. The highest BCUT2D eigenvalue weighted by atomic mass is 19.4. The van der Waals surface area contributed by atoms with Gasteiger partial charge in [-0.2, -0.15) is 13.2 Å². The first-order valence-electron chi connectivity index (χ1n) is 13.1. The fourth-order valence-electron chi connectivity index (χ4n) is 6.76. The number of phenols is 1. The molecule has 3 aliphatic carbocycles. The number of hydrogen-bond acceptors (Lipinski definition) is 9. The molecule has 0 aliphatic heterocycles. The molecule has 2 unspecified atom stereocenters. The van der Waals surface area contributed by atoms with Crippen LogP contribution in [0.3, 0.4) is 0 Å². The first-order chi connectivity index (χ1) is 18.6. The molecular formula is C27H32F3N3O7. The first-order valence-corrected chi connectivity index (χ1v) is 13.1. The van der Waals surface area contributed by atoms with E-state index in [2.05, 4.69) is 5.32 Å². The number of halogens is 3. The van der Waals surface area contributed by atoms with Crippen molar-refractivity contribution in [3.8, 4) is 5.75 Å². The molecule has 0 heterocycles. The Morgan fingerprint density at radius 1 is 1.20 bits per heavy atom. The lowest BCUT2D eigenvalue weighted by Crippen LogP contribution is -2.74. The van der Waals surface area contributed by atoms with Gasteiger partial charge >= 0.3 is 6.18 Å². The largest absolute Gasteiger partial charge is 0.507 e. The molecule has 1 amide bonds. The highest BCUT2D eigenvalue weighted by Gasteiger charge is 2.69. The van der Waals surface area contributed by atoms with Crippen LogP contribution in [0.15, 0.2) is 6.07 Å². The third-order valence-electron chi connectivity index (χ3n) is 8.45. The van der Waals surface area contributed by atoms with Crippen molar-refractivity contribution >= 4 is 29.0 Å². The molecule has 3 aliphatic rings. The third kappa shape index (κ3) is 4.44. The number of aromatic hydroxyl groups is 1. The van der Waals surface area contributed by atoms with Gasteiger partial charge in [0.25, 0.3) is 0 Å². The Hall–Kier alpha value is -3.16. The second kappa shape index (κ2) is 10.3. The zero-order valence-electron chi connectivity index (χ0n) is 22.3. The standard InChI is InChI=1S/C27H32F3N3O7/c1-4-5-6-32-10-12-9-15(34)17-13(19(12)27(28,29)30)7-11-8-14-20(33(2)3)22(36)18(25(31)39)24(38)26(14,40)23(37)16(11)21(17)35/h9,11,14,16,18,20,32,34,40H,4-8,10H2,1-3H3,(H2,31,39)/t11-,14-,16?,18?,20-,26-/m0/s1. The number of carbonyl (C=O) groups is 5. The maximum absolute atomic E-state index is 14.4. The number of nitrogens with zero attached hydrogens (tertiary/aromatic N) is 1. The van der Waals surface area contributed by atoms with Crippen molar-refractivity contribution in [3.63, 3.8) is 0 Å². The summed E-state index contributed by atoms with van der Waals surface area (Å²) in [6.07, 6.45) is -4.16. The van der Waals surface area contributed by atoms with Crippen LogP contribution < -0.4 is 11.1 Å². The van der Waals surface area contributed by atoms with E-state index in [1.54, 1.807) is 0 Å². The number of nitrogens with two attached hydrogens (primary N) is 1. The number of likely N-dealkylation sites (N-methyl/N-ethyl adjacent to an activating group) is 1. The number of ketones is 4. The molecule has 10 nitrogen and oxygen atoms in total. The minimum absolute atomic E-state index is 0.223. The molecular weight excluding hydrogens is 535 g/mol. The topological polar surface area (TPSA) is 167 Å². The third-order valence-corrected chi connectivity index (χ3v) is 8.45. The van der Waals surface area contributed by atoms with Gasteiger partial charge in [-0.1, -0.05) is 13.3 Å². The Morgan fingerprint density at radius 3 is 2.40 bits per heavy atom. The molecule has 5 N–H and O–H groups in total. The quantitative estimate of drug-likeness (QED) is 0.275. The number of benzene rings is 1. The number of aliphatic hydroxyl groups is 1. The molecule has 0 radical (unpaired) electrons. The zero-order chi connectivity index (χ0) is 29.9. The summed E-state index contributed by atoms with van der Waals surface area (Å²) in [5, 5.41) is 25.2. The van der Waals surface area contributed by atoms with E-state index in [1.807, 2.05) is 6.92 Å². The van der Waals surface area contributed by atoms with Gasteiger partial charge in [0.15, 0.2) is 34.7 Å². The second-order valence-corrected chi connectivity index (χ2v) is 11.1. The van der Waals surface area contributed by atoms with E-state index in [4.69, 9.17) is 5.73 Å². The molecule has 13 heteroatoms. The van der Waals surface area contributed by atoms with Crippen LogP contribution >= 0.6 is 0 Å². The Kier molecular flexibility index (Phi) is 7.71. The SMILES string of the molecule is CCCCNCc1cc(O)c2c(c1C(F)(F)F)C[C@H]1C[C@H]3[C@H](N(C)C)C(=O)C(C(N)=O)C(=O)[C@@]3(O)C(=O)C1C2=O. The van der Waals surface area contributed by atoms with E-state index in [-0.39, 0.29) is 18.5 Å². The number of nitrogens with one attached hydrogen (secondary N) is 1. The van der Waals surface area contributed by atoms with Crippen molar-refractivity contribution in [2.45, 2.75) is 57.0 Å². The predicted octanol–water partition coefficient (Wildman–Crippen LogP) is 0.775. The van der Waals surface area contributed by atoms with E-state index >= 15 is 0 Å². The average Bonchev–Trinajstić information content (AvgIpc) is 2.82. The van der Waals surface area contributed by atoms with E-state index in [0.29, 0.717) is 13.0 Å². The van der Waals surface area contributed by atoms with E-state index in [1.165, 1.54) is 19.0 Å². The predicted molar refractivity (Wildman–Crippen MR) is 133 cm³/mol. The summed E-state index contributed by atoms with van der Waals surface area (Å²) in [6, 6.07) is -0.495. The molecule has 4 rings (SSSR count). The number of hydrogen-bond donors (Lipinski definition) is 4. The molecule has 0 bridgehead atoms. The summed E-state index contributed by atoms with van der Waals surface area (Å²) in [5.74, 6) is -13.4. The van der Waals surface area contributed by atoms with Gasteiger partial charge in [0.05, 0.1) is 23.1 Å². The van der Waals surface area contributed by atoms with Gasteiger partial charge in [0.1, 0.15) is 5.75 Å². The highest BCUT2D eigenvalue weighted by molar-refractivity contribution is 6.32. The Morgan fingerprint density at radius 2 is 1.85 bits per heavy atom. The number of Topliss-reactive ketones (excluding diaryl/α,β-unsaturated/α-hetero) is 4. The highest BCUT2D eigenvalue weighted by Crippen LogP contribution is 2.52. The second-order valence-electron chi connectivity index (χ2n) is 11.1. The van der Waals surface area contributed by atoms with Gasteiger partial charge in [0.2, 0.25) is 5.91 Å². The van der Waals surface area contributed by atoms with Gasteiger partial charge in [-0.05, 0) is 63.0 Å². The molecule has 0 spiro atoms. The Labute approximate surface area is 228 Å². The van der Waals surface area contributed by atoms with Gasteiger partial charge in [-0.3, -0.25) is 28.9 Å². The number of amides is 1. The average molecular weight is 568 g/mol. The number of phenolic OH excluding ortho intramolecular Hbond substituents is 1. The molecule has 218 valence electrons. The van der Waals surface area contributed by atoms with E-state index in [0.717, 1.165) is 12.5 Å². The maximum Gasteiger partial charge on any atom is 0.417 e. The summed E-state index contributed by atoms with van der Waals surface area (Å²) in [5.41, 5.74) is -0.167. The minimum atomic E-state index is -4.90. The number of fused-ring (bicyclic) bond motifs is 3. The van der Waals surface area contributed by atoms with Crippen molar-refractivity contribution < 1.29 is 47.4 Å². The van der Waals surface area contributed by atoms with Crippen LogP contribution in [-0.4, -0.2) is 76.4 Å². The monoisotopic (exact) mass is 567 g/mol. The lowest BCUT2D eigenvalue weighted by Gasteiger charge is -2.52. The molecule has 0 aromatic heterocycles. The summed E-state index contributed by atoms with van der Waals surface area (Å²) in [7, 11) is 2.85. The number of alkyl halides is 3. The normalized spacial score (nSPS) is 30.2. The maximum atomic E-state index is 14.4. The van der Waals surface area contributed by atoms with E-state index in [9.17, 15) is 47.4 Å². The van der Waals surface area contributed by atoms with Crippen molar-refractivity contribution in [1.29, 1.82) is 0 Å². The summed E-state index contributed by atoms with van der Waals surface area (Å²) in [4.78, 5) is 67.1.